The van der Waals surface area contributed by atoms with Gasteiger partial charge in [0.15, 0.2) is 0 Å². The molecule has 3 rings (SSSR count). The van der Waals surface area contributed by atoms with Crippen LogP contribution in [0.5, 0.6) is 0 Å². The molecule has 0 fully saturated rings. The molecule has 0 aliphatic heterocycles. The summed E-state index contributed by atoms with van der Waals surface area (Å²) in [7, 11) is 0. The topological polar surface area (TPSA) is 45.8 Å². The van der Waals surface area contributed by atoms with Crippen molar-refractivity contribution in [2.75, 3.05) is 0 Å². The molecule has 3 aromatic rings. The van der Waals surface area contributed by atoms with E-state index in [1.165, 1.54) is 0 Å². The maximum Gasteiger partial charge on any atom is 0.272 e. The Bertz CT molecular complexity index is 794. The van der Waals surface area contributed by atoms with Crippen molar-refractivity contribution in [3.8, 4) is 11.3 Å². The number of aromatic nitrogens is 2. The van der Waals surface area contributed by atoms with Crippen molar-refractivity contribution in [2.24, 2.45) is 0 Å². The van der Waals surface area contributed by atoms with Gasteiger partial charge in [0.05, 0.1) is 13.0 Å². The third-order valence-electron chi connectivity index (χ3n) is 2.61. The predicted molar refractivity (Wildman–Crippen MR) is 81.1 cm³/mol. The Morgan fingerprint density at radius 3 is 2.56 bits per heavy atom. The Balaban J connectivity index is 2.40. The Labute approximate surface area is 123 Å². The number of benzene rings is 1. The molecule has 0 bridgehead atoms. The minimum atomic E-state index is -0.167. The molecule has 0 aliphatic rings. The summed E-state index contributed by atoms with van der Waals surface area (Å²) in [5, 5.41) is 8.21. The molecular weight excluding hydrogens is 380 g/mol. The summed E-state index contributed by atoms with van der Waals surface area (Å²) in [4.78, 5) is 11.7. The van der Waals surface area contributed by atoms with Crippen molar-refractivity contribution in [1.29, 1.82) is 0 Å². The van der Waals surface area contributed by atoms with Crippen molar-refractivity contribution < 1.29 is 0 Å². The first-order valence-corrected chi connectivity index (χ1v) is 7.49. The summed E-state index contributed by atoms with van der Waals surface area (Å²) in [6.45, 7) is 0. The zero-order valence-corrected chi connectivity index (χ0v) is 12.9. The van der Waals surface area contributed by atoms with Gasteiger partial charge in [0, 0.05) is 10.9 Å². The first kappa shape index (κ1) is 12.1. The third kappa shape index (κ3) is 1.94. The molecule has 2 heterocycles. The highest BCUT2D eigenvalue weighted by atomic mass is 79.9. The summed E-state index contributed by atoms with van der Waals surface area (Å²) in [5.41, 5.74) is 1.58. The van der Waals surface area contributed by atoms with E-state index < -0.39 is 0 Å². The van der Waals surface area contributed by atoms with Gasteiger partial charge in [-0.25, -0.2) is 5.10 Å². The molecule has 3 nitrogen and oxygen atoms in total. The SMILES string of the molecule is O=c1[nH]nc(-c2cc(Br)sc2Br)c2ccccc12. The third-order valence-corrected chi connectivity index (χ3v) is 4.95. The molecule has 90 valence electrons. The van der Waals surface area contributed by atoms with Gasteiger partial charge >= 0.3 is 0 Å². The van der Waals surface area contributed by atoms with E-state index in [9.17, 15) is 4.79 Å². The molecular formula is C12H6Br2N2OS. The van der Waals surface area contributed by atoms with Crippen LogP contribution in [0.25, 0.3) is 22.0 Å². The predicted octanol–water partition coefficient (Wildman–Crippen LogP) is 4.18. The molecule has 0 spiro atoms. The first-order valence-electron chi connectivity index (χ1n) is 5.09. The fourth-order valence-corrected chi connectivity index (χ4v) is 4.63. The molecule has 2 aromatic heterocycles. The molecule has 1 N–H and O–H groups in total. The van der Waals surface area contributed by atoms with E-state index in [2.05, 4.69) is 42.1 Å². The van der Waals surface area contributed by atoms with E-state index in [4.69, 9.17) is 0 Å². The number of halogens is 2. The Hall–Kier alpha value is -0.980. The molecule has 0 atom stereocenters. The van der Waals surface area contributed by atoms with Gasteiger partial charge in [0.25, 0.3) is 5.56 Å². The molecule has 0 radical (unpaired) electrons. The van der Waals surface area contributed by atoms with E-state index >= 15 is 0 Å². The number of nitrogens with one attached hydrogen (secondary N) is 1. The van der Waals surface area contributed by atoms with Crippen LogP contribution in [-0.4, -0.2) is 10.2 Å². The van der Waals surface area contributed by atoms with Crippen LogP contribution in [0.1, 0.15) is 0 Å². The smallest absolute Gasteiger partial charge is 0.267 e. The number of H-pyrrole nitrogens is 1. The number of aromatic amines is 1. The Kier molecular flexibility index (Phi) is 3.09. The number of rotatable bonds is 1. The Morgan fingerprint density at radius 2 is 1.89 bits per heavy atom. The van der Waals surface area contributed by atoms with Crippen LogP contribution in [-0.2, 0) is 0 Å². The van der Waals surface area contributed by atoms with Gasteiger partial charge in [0.1, 0.15) is 5.69 Å². The second-order valence-electron chi connectivity index (χ2n) is 3.68. The monoisotopic (exact) mass is 384 g/mol. The lowest BCUT2D eigenvalue weighted by Crippen LogP contribution is -2.09. The fourth-order valence-electron chi connectivity index (χ4n) is 1.82. The average molecular weight is 386 g/mol. The van der Waals surface area contributed by atoms with E-state index in [-0.39, 0.29) is 5.56 Å². The lowest BCUT2D eigenvalue weighted by Gasteiger charge is -2.03. The number of thiophene rings is 1. The van der Waals surface area contributed by atoms with Gasteiger partial charge in [-0.3, -0.25) is 4.79 Å². The zero-order chi connectivity index (χ0) is 12.7. The van der Waals surface area contributed by atoms with Crippen molar-refractivity contribution >= 4 is 54.0 Å². The van der Waals surface area contributed by atoms with Gasteiger partial charge in [-0.1, -0.05) is 18.2 Å². The van der Waals surface area contributed by atoms with Crippen molar-refractivity contribution in [2.45, 2.75) is 0 Å². The fraction of sp³-hybridized carbons (Fsp3) is 0. The van der Waals surface area contributed by atoms with Gasteiger partial charge < -0.3 is 0 Å². The number of hydrogen-bond donors (Lipinski definition) is 1. The second-order valence-corrected chi connectivity index (χ2v) is 7.43. The molecule has 0 amide bonds. The van der Waals surface area contributed by atoms with E-state index in [1.807, 2.05) is 24.3 Å². The molecule has 18 heavy (non-hydrogen) atoms. The standard InChI is InChI=1S/C12H6Br2N2OS/c13-9-5-8(11(14)18-9)10-6-3-1-2-4-7(6)12(17)16-15-10/h1-5H,(H,16,17). The van der Waals surface area contributed by atoms with E-state index in [0.29, 0.717) is 5.39 Å². The highest BCUT2D eigenvalue weighted by molar-refractivity contribution is 9.12. The molecule has 0 unspecified atom stereocenters. The van der Waals surface area contributed by atoms with Crippen LogP contribution in [0.2, 0.25) is 0 Å². The van der Waals surface area contributed by atoms with Crippen LogP contribution in [0.3, 0.4) is 0 Å². The molecule has 0 saturated carbocycles. The summed E-state index contributed by atoms with van der Waals surface area (Å²) in [6, 6.07) is 9.45. The van der Waals surface area contributed by atoms with Gasteiger partial charge in [-0.05, 0) is 44.0 Å². The number of nitrogens with zero attached hydrogens (tertiary/aromatic N) is 1. The number of fused-ring (bicyclic) bond motifs is 1. The summed E-state index contributed by atoms with van der Waals surface area (Å²) in [5.74, 6) is 0. The Morgan fingerprint density at radius 1 is 1.17 bits per heavy atom. The van der Waals surface area contributed by atoms with Crippen LogP contribution in [0.15, 0.2) is 42.7 Å². The first-order chi connectivity index (χ1) is 8.66. The van der Waals surface area contributed by atoms with Gasteiger partial charge in [0.2, 0.25) is 0 Å². The maximum atomic E-state index is 11.7. The van der Waals surface area contributed by atoms with Crippen molar-refractivity contribution in [3.63, 3.8) is 0 Å². The lowest BCUT2D eigenvalue weighted by molar-refractivity contribution is 1.02. The van der Waals surface area contributed by atoms with Crippen LogP contribution in [0.4, 0.5) is 0 Å². The minimum absolute atomic E-state index is 0.167. The molecule has 6 heteroatoms. The average Bonchev–Trinajstić information content (AvgIpc) is 2.69. The molecule has 1 aromatic carbocycles. The summed E-state index contributed by atoms with van der Waals surface area (Å²) < 4.78 is 2.00. The molecule has 0 aliphatic carbocycles. The van der Waals surface area contributed by atoms with Crippen molar-refractivity contribution in [1.82, 2.24) is 10.2 Å². The van der Waals surface area contributed by atoms with Crippen LogP contribution >= 0.6 is 43.2 Å². The van der Waals surface area contributed by atoms with Crippen LogP contribution < -0.4 is 5.56 Å². The van der Waals surface area contributed by atoms with Gasteiger partial charge in [-0.2, -0.15) is 5.10 Å². The minimum Gasteiger partial charge on any atom is -0.267 e. The summed E-state index contributed by atoms with van der Waals surface area (Å²) >= 11 is 8.54. The second kappa shape index (κ2) is 4.60. The number of hydrogen-bond acceptors (Lipinski definition) is 3. The highest BCUT2D eigenvalue weighted by Gasteiger charge is 2.13. The highest BCUT2D eigenvalue weighted by Crippen LogP contribution is 2.39. The maximum absolute atomic E-state index is 11.7. The normalized spacial score (nSPS) is 11.0. The largest absolute Gasteiger partial charge is 0.272 e. The lowest BCUT2D eigenvalue weighted by atomic mass is 10.1. The quantitative estimate of drug-likeness (QED) is 0.683. The summed E-state index contributed by atoms with van der Waals surface area (Å²) in [6.07, 6.45) is 0. The van der Waals surface area contributed by atoms with E-state index in [1.54, 1.807) is 17.4 Å². The van der Waals surface area contributed by atoms with Crippen LogP contribution in [0, 0.1) is 0 Å². The van der Waals surface area contributed by atoms with Crippen molar-refractivity contribution in [3.05, 3.63) is 48.3 Å². The zero-order valence-electron chi connectivity index (χ0n) is 8.91. The van der Waals surface area contributed by atoms with Gasteiger partial charge in [-0.15, -0.1) is 11.3 Å². The van der Waals surface area contributed by atoms with E-state index in [0.717, 1.165) is 24.2 Å². The molecule has 0 saturated heterocycles.